The second kappa shape index (κ2) is 6.24. The molecule has 0 N–H and O–H groups in total. The van der Waals surface area contributed by atoms with Crippen LogP contribution in [0.4, 0.5) is 0 Å². The molecule has 0 aromatic rings. The molecular weight excluding hydrogens is 232 g/mol. The molecule has 0 bridgehead atoms. The molecule has 0 aromatic heterocycles. The maximum Gasteiger partial charge on any atom is 0.0238 e. The van der Waals surface area contributed by atoms with Crippen LogP contribution in [0.1, 0.15) is 0 Å². The predicted octanol–water partition coefficient (Wildman–Crippen LogP) is 2.71. The van der Waals surface area contributed by atoms with E-state index in [1.54, 1.807) is 0 Å². The Morgan fingerprint density at radius 3 is 1.82 bits per heavy atom. The number of rotatable bonds is 2. The Bertz CT molecular complexity index is 95.1. The lowest BCUT2D eigenvalue weighted by Gasteiger charge is -2.14. The Morgan fingerprint density at radius 2 is 1.45 bits per heavy atom. The average molecular weight is 244 g/mol. The summed E-state index contributed by atoms with van der Waals surface area (Å²) < 4.78 is 0. The van der Waals surface area contributed by atoms with E-state index < -0.39 is 0 Å². The van der Waals surface area contributed by atoms with Gasteiger partial charge in [-0.05, 0) is 0 Å². The number of hydrogen-bond acceptors (Lipinski definition) is 5. The quantitative estimate of drug-likeness (QED) is 0.567. The normalized spacial score (nSPS) is 33.3. The van der Waals surface area contributed by atoms with E-state index >= 15 is 0 Å². The van der Waals surface area contributed by atoms with Crippen LogP contribution in [-0.2, 0) is 0 Å². The fourth-order valence-electron chi connectivity index (χ4n) is 0.790. The highest BCUT2D eigenvalue weighted by Crippen LogP contribution is 2.36. The molecule has 1 aliphatic rings. The third-order valence-corrected chi connectivity index (χ3v) is 7.18. The van der Waals surface area contributed by atoms with Crippen LogP contribution in [0.5, 0.6) is 0 Å². The fraction of sp³-hybridized carbons (Fsp3) is 1.00. The zero-order valence-corrected chi connectivity index (χ0v) is 10.3. The maximum atomic E-state index is 4.32. The zero-order chi connectivity index (χ0) is 8.10. The first-order valence-electron chi connectivity index (χ1n) is 3.48. The van der Waals surface area contributed by atoms with E-state index in [1.807, 2.05) is 21.6 Å². The molecule has 0 spiro atoms. The minimum atomic E-state index is 0.732. The molecule has 11 heavy (non-hydrogen) atoms. The van der Waals surface area contributed by atoms with Crippen LogP contribution in [0, 0.1) is 0 Å². The first-order chi connectivity index (χ1) is 5.36. The van der Waals surface area contributed by atoms with Gasteiger partial charge in [-0.15, -0.1) is 0 Å². The van der Waals surface area contributed by atoms with Crippen molar-refractivity contribution in [2.75, 3.05) is 23.0 Å². The summed E-state index contributed by atoms with van der Waals surface area (Å²) in [6, 6.07) is 0. The summed E-state index contributed by atoms with van der Waals surface area (Å²) >= 11 is 10.7. The second-order valence-corrected chi connectivity index (χ2v) is 7.20. The van der Waals surface area contributed by atoms with Crippen molar-refractivity contribution in [2.45, 2.75) is 10.5 Å². The van der Waals surface area contributed by atoms with Gasteiger partial charge in [0, 0.05) is 33.5 Å². The smallest absolute Gasteiger partial charge is 0.0238 e. The minimum Gasteiger partial charge on any atom is -0.178 e. The summed E-state index contributed by atoms with van der Waals surface area (Å²) in [6.07, 6.45) is 0. The van der Waals surface area contributed by atoms with Gasteiger partial charge in [-0.2, -0.15) is 37.0 Å². The standard InChI is InChI=1S/C6H12S5/c7-1-5-3-9-10-4-6(2-8)11-5/h5-8H,1-4H2. The molecule has 1 fully saturated rings. The van der Waals surface area contributed by atoms with Crippen molar-refractivity contribution in [1.82, 2.24) is 0 Å². The van der Waals surface area contributed by atoms with Gasteiger partial charge in [-0.25, -0.2) is 0 Å². The van der Waals surface area contributed by atoms with E-state index in [1.165, 1.54) is 11.5 Å². The lowest BCUT2D eigenvalue weighted by molar-refractivity contribution is 1.10. The zero-order valence-electron chi connectivity index (χ0n) is 6.10. The number of hydrogen-bond donors (Lipinski definition) is 2. The Hall–Kier alpha value is 1.75. The van der Waals surface area contributed by atoms with Gasteiger partial charge in [0.25, 0.3) is 0 Å². The highest BCUT2D eigenvalue weighted by molar-refractivity contribution is 8.77. The van der Waals surface area contributed by atoms with E-state index in [2.05, 4.69) is 37.0 Å². The first-order valence-corrected chi connectivity index (χ1v) is 8.18. The molecule has 1 heterocycles. The fourth-order valence-corrected chi connectivity index (χ4v) is 6.48. The van der Waals surface area contributed by atoms with Crippen molar-refractivity contribution in [3.63, 3.8) is 0 Å². The molecule has 2 unspecified atom stereocenters. The van der Waals surface area contributed by atoms with E-state index in [0.717, 1.165) is 22.0 Å². The molecule has 1 rings (SSSR count). The second-order valence-electron chi connectivity index (χ2n) is 2.31. The Morgan fingerprint density at radius 1 is 1.00 bits per heavy atom. The van der Waals surface area contributed by atoms with Gasteiger partial charge in [0.05, 0.1) is 0 Å². The molecule has 0 aliphatic carbocycles. The highest BCUT2D eigenvalue weighted by Gasteiger charge is 2.19. The SMILES string of the molecule is SCC1CSSCC(CS)S1. The molecule has 2 atom stereocenters. The van der Waals surface area contributed by atoms with Crippen LogP contribution in [0.3, 0.4) is 0 Å². The third kappa shape index (κ3) is 3.98. The molecule has 0 radical (unpaired) electrons. The van der Waals surface area contributed by atoms with Crippen molar-refractivity contribution in [2.24, 2.45) is 0 Å². The van der Waals surface area contributed by atoms with E-state index in [9.17, 15) is 0 Å². The lowest BCUT2D eigenvalue weighted by Crippen LogP contribution is -2.15. The Balaban J connectivity index is 2.33. The maximum absolute atomic E-state index is 4.32. The molecule has 0 amide bonds. The van der Waals surface area contributed by atoms with Crippen LogP contribution in [0.2, 0.25) is 0 Å². The minimum absolute atomic E-state index is 0.732. The molecule has 1 saturated heterocycles. The summed E-state index contributed by atoms with van der Waals surface area (Å²) in [4.78, 5) is 0. The predicted molar refractivity (Wildman–Crippen MR) is 67.8 cm³/mol. The summed E-state index contributed by atoms with van der Waals surface area (Å²) in [7, 11) is 3.96. The van der Waals surface area contributed by atoms with E-state index in [0.29, 0.717) is 0 Å². The van der Waals surface area contributed by atoms with E-state index in [4.69, 9.17) is 0 Å². The van der Waals surface area contributed by atoms with Crippen molar-refractivity contribution < 1.29 is 0 Å². The molecule has 1 aliphatic heterocycles. The molecule has 5 heteroatoms. The van der Waals surface area contributed by atoms with Gasteiger partial charge in [-0.3, -0.25) is 0 Å². The van der Waals surface area contributed by atoms with Gasteiger partial charge in [-0.1, -0.05) is 21.6 Å². The van der Waals surface area contributed by atoms with Gasteiger partial charge in [0.2, 0.25) is 0 Å². The van der Waals surface area contributed by atoms with Crippen molar-refractivity contribution in [3.8, 4) is 0 Å². The summed E-state index contributed by atoms with van der Waals surface area (Å²) in [5, 5.41) is 1.46. The van der Waals surface area contributed by atoms with Gasteiger partial charge >= 0.3 is 0 Å². The van der Waals surface area contributed by atoms with Crippen LogP contribution in [0.25, 0.3) is 0 Å². The molecule has 0 aromatic carbocycles. The van der Waals surface area contributed by atoms with Gasteiger partial charge in [0.1, 0.15) is 0 Å². The summed E-state index contributed by atoms with van der Waals surface area (Å²) in [5.41, 5.74) is 0. The molecule has 0 nitrogen and oxygen atoms in total. The number of thioether (sulfide) groups is 1. The van der Waals surface area contributed by atoms with Crippen molar-refractivity contribution in [3.05, 3.63) is 0 Å². The van der Waals surface area contributed by atoms with Crippen LogP contribution in [-0.4, -0.2) is 33.5 Å². The summed E-state index contributed by atoms with van der Waals surface area (Å²) in [6.45, 7) is 0. The Labute approximate surface area is 91.6 Å². The third-order valence-electron chi connectivity index (χ3n) is 1.38. The largest absolute Gasteiger partial charge is 0.178 e. The van der Waals surface area contributed by atoms with Gasteiger partial charge < -0.3 is 0 Å². The van der Waals surface area contributed by atoms with Crippen LogP contribution in [0.15, 0.2) is 0 Å². The Kier molecular flexibility index (Phi) is 6.14. The molecule has 0 saturated carbocycles. The highest BCUT2D eigenvalue weighted by atomic mass is 33.1. The van der Waals surface area contributed by atoms with Crippen molar-refractivity contribution in [1.29, 1.82) is 0 Å². The van der Waals surface area contributed by atoms with Gasteiger partial charge in [0.15, 0.2) is 0 Å². The number of thiol groups is 2. The topological polar surface area (TPSA) is 0 Å². The van der Waals surface area contributed by atoms with Crippen molar-refractivity contribution >= 4 is 58.6 Å². The monoisotopic (exact) mass is 244 g/mol. The molecule has 66 valence electrons. The van der Waals surface area contributed by atoms with Crippen LogP contribution < -0.4 is 0 Å². The van der Waals surface area contributed by atoms with E-state index in [-0.39, 0.29) is 0 Å². The average Bonchev–Trinajstić information content (AvgIpc) is 2.28. The lowest BCUT2D eigenvalue weighted by atomic mass is 10.5. The summed E-state index contributed by atoms with van der Waals surface area (Å²) in [5.74, 6) is 4.48. The van der Waals surface area contributed by atoms with Crippen LogP contribution >= 0.6 is 58.6 Å². The first kappa shape index (κ1) is 10.8. The molecular formula is C6H12S5.